The molecule has 2 aromatic heterocycles. The number of aliphatic hydroxyl groups is 1. The number of halogens is 1. The third-order valence-electron chi connectivity index (χ3n) is 10.2. The van der Waals surface area contributed by atoms with Crippen LogP contribution in [0.15, 0.2) is 52.7 Å². The topological polar surface area (TPSA) is 50.4 Å². The van der Waals surface area contributed by atoms with E-state index in [4.69, 9.17) is 10.1 Å². The molecular formula is C29H32BrN3O. The van der Waals surface area contributed by atoms with E-state index in [1.165, 1.54) is 35.4 Å². The summed E-state index contributed by atoms with van der Waals surface area (Å²) < 4.78 is 3.15. The molecule has 176 valence electrons. The Bertz CT molecular complexity index is 1330. The van der Waals surface area contributed by atoms with E-state index in [2.05, 4.69) is 70.7 Å². The molecule has 0 bridgehead atoms. The average Bonchev–Trinajstić information content (AvgIpc) is 3.41. The fraction of sp³-hybridized carbons (Fsp3) is 0.517. The van der Waals surface area contributed by atoms with Crippen molar-refractivity contribution in [2.24, 2.45) is 23.2 Å². The first-order valence-electron chi connectivity index (χ1n) is 12.9. The minimum Gasteiger partial charge on any atom is -0.393 e. The van der Waals surface area contributed by atoms with Crippen LogP contribution in [-0.4, -0.2) is 25.8 Å². The van der Waals surface area contributed by atoms with Crippen LogP contribution < -0.4 is 0 Å². The lowest BCUT2D eigenvalue weighted by molar-refractivity contribution is -0.0169. The maximum absolute atomic E-state index is 10.3. The summed E-state index contributed by atoms with van der Waals surface area (Å²) in [5.41, 5.74) is 8.04. The summed E-state index contributed by atoms with van der Waals surface area (Å²) in [5.74, 6) is 2.01. The smallest absolute Gasteiger partial charge is 0.155 e. The van der Waals surface area contributed by atoms with E-state index in [-0.39, 0.29) is 16.9 Å². The Balaban J connectivity index is 1.36. The van der Waals surface area contributed by atoms with Crippen molar-refractivity contribution in [1.82, 2.24) is 14.6 Å². The molecule has 0 amide bonds. The van der Waals surface area contributed by atoms with Crippen molar-refractivity contribution in [2.45, 2.75) is 70.3 Å². The number of benzene rings is 1. The first-order valence-corrected chi connectivity index (χ1v) is 13.7. The van der Waals surface area contributed by atoms with Crippen LogP contribution in [0, 0.1) is 23.2 Å². The molecule has 2 heterocycles. The van der Waals surface area contributed by atoms with Crippen molar-refractivity contribution in [2.75, 3.05) is 0 Å². The van der Waals surface area contributed by atoms with Gasteiger partial charge in [-0.15, -0.1) is 0 Å². The van der Waals surface area contributed by atoms with Crippen LogP contribution in [0.25, 0.3) is 16.9 Å². The summed E-state index contributed by atoms with van der Waals surface area (Å²) in [4.78, 5) is 5.26. The molecule has 4 aliphatic carbocycles. The van der Waals surface area contributed by atoms with Gasteiger partial charge >= 0.3 is 0 Å². The van der Waals surface area contributed by atoms with E-state index in [1.807, 2.05) is 6.20 Å². The van der Waals surface area contributed by atoms with Gasteiger partial charge in [0.15, 0.2) is 5.65 Å². The van der Waals surface area contributed by atoms with Crippen molar-refractivity contribution in [1.29, 1.82) is 0 Å². The molecule has 5 heteroatoms. The van der Waals surface area contributed by atoms with Crippen LogP contribution in [0.1, 0.15) is 63.6 Å². The van der Waals surface area contributed by atoms with E-state index in [0.29, 0.717) is 17.8 Å². The third-order valence-corrected chi connectivity index (χ3v) is 10.7. The second-order valence-electron chi connectivity index (χ2n) is 11.7. The van der Waals surface area contributed by atoms with Crippen molar-refractivity contribution in [3.05, 3.63) is 63.9 Å². The second kappa shape index (κ2) is 7.27. The molecule has 7 rings (SSSR count). The summed E-state index contributed by atoms with van der Waals surface area (Å²) in [5, 5.41) is 15.0. The molecular weight excluding hydrogens is 486 g/mol. The highest BCUT2D eigenvalue weighted by molar-refractivity contribution is 9.10. The summed E-state index contributed by atoms with van der Waals surface area (Å²) in [6, 6.07) is 10.7. The van der Waals surface area contributed by atoms with Crippen molar-refractivity contribution in [3.8, 4) is 11.3 Å². The molecule has 0 radical (unpaired) electrons. The fourth-order valence-corrected chi connectivity index (χ4v) is 8.66. The van der Waals surface area contributed by atoms with E-state index >= 15 is 0 Å². The number of allylic oxidation sites excluding steroid dienone is 1. The molecule has 34 heavy (non-hydrogen) atoms. The predicted octanol–water partition coefficient (Wildman–Crippen LogP) is 6.50. The molecule has 1 unspecified atom stereocenters. The largest absolute Gasteiger partial charge is 0.393 e. The first-order chi connectivity index (χ1) is 16.4. The van der Waals surface area contributed by atoms with Gasteiger partial charge in [0.05, 0.1) is 23.7 Å². The zero-order chi connectivity index (χ0) is 23.2. The Labute approximate surface area is 209 Å². The highest BCUT2D eigenvalue weighted by Crippen LogP contribution is 2.64. The molecule has 3 aromatic rings. The second-order valence-corrected chi connectivity index (χ2v) is 12.6. The van der Waals surface area contributed by atoms with Crippen LogP contribution >= 0.6 is 15.9 Å². The normalized spacial score (nSPS) is 36.4. The molecule has 0 aliphatic heterocycles. The van der Waals surface area contributed by atoms with Gasteiger partial charge in [0.1, 0.15) is 0 Å². The molecule has 2 fully saturated rings. The monoisotopic (exact) mass is 517 g/mol. The molecule has 1 aromatic carbocycles. The molecule has 0 saturated heterocycles. The number of hydrogen-bond acceptors (Lipinski definition) is 3. The minimum absolute atomic E-state index is 0.114. The van der Waals surface area contributed by atoms with E-state index in [0.717, 1.165) is 42.2 Å². The zero-order valence-corrected chi connectivity index (χ0v) is 21.6. The summed E-state index contributed by atoms with van der Waals surface area (Å²) in [6.45, 7) is 5.00. The Kier molecular flexibility index (Phi) is 4.56. The Morgan fingerprint density at radius 3 is 2.62 bits per heavy atom. The van der Waals surface area contributed by atoms with Crippen molar-refractivity contribution in [3.63, 3.8) is 0 Å². The Hall–Kier alpha value is -1.98. The van der Waals surface area contributed by atoms with Crippen LogP contribution in [-0.2, 0) is 11.8 Å². The summed E-state index contributed by atoms with van der Waals surface area (Å²) in [7, 11) is 0. The van der Waals surface area contributed by atoms with Crippen LogP contribution in [0.4, 0.5) is 0 Å². The quantitative estimate of drug-likeness (QED) is 0.375. The number of nitrogens with zero attached hydrogens (tertiary/aromatic N) is 3. The van der Waals surface area contributed by atoms with Gasteiger partial charge in [-0.2, -0.15) is 5.10 Å². The maximum Gasteiger partial charge on any atom is 0.155 e. The van der Waals surface area contributed by atoms with Gasteiger partial charge in [-0.25, -0.2) is 9.50 Å². The molecule has 1 N–H and O–H groups in total. The molecule has 2 saturated carbocycles. The molecule has 0 spiro atoms. The SMILES string of the molecule is C[C@]12CC[C@H](O)CC1=CC[C@H]1C2CC[C@]2(C)c3nc4ccnn4c(-c4ccc(Br)cc4)c3C[C@@H]12. The highest BCUT2D eigenvalue weighted by Gasteiger charge is 2.58. The number of rotatable bonds is 1. The highest BCUT2D eigenvalue weighted by atomic mass is 79.9. The lowest BCUT2D eigenvalue weighted by Crippen LogP contribution is -2.51. The molecule has 6 atom stereocenters. The Morgan fingerprint density at radius 1 is 1.00 bits per heavy atom. The van der Waals surface area contributed by atoms with Gasteiger partial charge in [-0.3, -0.25) is 0 Å². The van der Waals surface area contributed by atoms with Gasteiger partial charge in [0.2, 0.25) is 0 Å². The lowest BCUT2D eigenvalue weighted by Gasteiger charge is -2.57. The fourth-order valence-electron chi connectivity index (χ4n) is 8.40. The molecule has 4 nitrogen and oxygen atoms in total. The third kappa shape index (κ3) is 2.80. The van der Waals surface area contributed by atoms with Gasteiger partial charge in [0.25, 0.3) is 0 Å². The maximum atomic E-state index is 10.3. The summed E-state index contributed by atoms with van der Waals surface area (Å²) >= 11 is 3.60. The molecule has 4 aliphatic rings. The number of fused-ring (bicyclic) bond motifs is 8. The Morgan fingerprint density at radius 2 is 1.79 bits per heavy atom. The van der Waals surface area contributed by atoms with Crippen LogP contribution in [0.2, 0.25) is 0 Å². The lowest BCUT2D eigenvalue weighted by atomic mass is 9.48. The number of aliphatic hydroxyl groups excluding tert-OH is 1. The minimum atomic E-state index is -0.144. The van der Waals surface area contributed by atoms with E-state index < -0.39 is 0 Å². The van der Waals surface area contributed by atoms with Crippen molar-refractivity contribution >= 4 is 21.6 Å². The average molecular weight is 518 g/mol. The van der Waals surface area contributed by atoms with Crippen molar-refractivity contribution < 1.29 is 5.11 Å². The van der Waals surface area contributed by atoms with Gasteiger partial charge in [0, 0.05) is 27.1 Å². The number of aromatic nitrogens is 3. The van der Waals surface area contributed by atoms with Crippen LogP contribution in [0.5, 0.6) is 0 Å². The van der Waals surface area contributed by atoms with Gasteiger partial charge in [-0.05, 0) is 80.2 Å². The zero-order valence-electron chi connectivity index (χ0n) is 20.0. The van der Waals surface area contributed by atoms with Gasteiger partial charge < -0.3 is 5.11 Å². The predicted molar refractivity (Wildman–Crippen MR) is 138 cm³/mol. The standard InChI is InChI=1S/C29H32BrN3O/c1-28-12-9-20(34)15-18(28)5-8-21-23(28)10-13-29(2)24(21)16-22-26(17-3-6-19(30)7-4-17)33-25(11-14-31-33)32-27(22)29/h3-7,11,14,20-21,23-24,34H,8-10,12-13,15-16H2,1-2H3/t20-,21-,23?,24-,28-,29-/m0/s1. The first kappa shape index (κ1) is 21.3. The van der Waals surface area contributed by atoms with Crippen LogP contribution in [0.3, 0.4) is 0 Å². The summed E-state index contributed by atoms with van der Waals surface area (Å²) in [6.07, 6.45) is 11.9. The van der Waals surface area contributed by atoms with Gasteiger partial charge in [-0.1, -0.05) is 53.6 Å². The number of hydrogen-bond donors (Lipinski definition) is 1. The van der Waals surface area contributed by atoms with E-state index in [1.54, 1.807) is 5.57 Å². The van der Waals surface area contributed by atoms with E-state index in [9.17, 15) is 5.11 Å².